The van der Waals surface area contributed by atoms with E-state index in [4.69, 9.17) is 9.47 Å². The lowest BCUT2D eigenvalue weighted by Gasteiger charge is -2.36. The highest BCUT2D eigenvalue weighted by Crippen LogP contribution is 2.42. The molecule has 3 aliphatic rings. The lowest BCUT2D eigenvalue weighted by molar-refractivity contribution is -0.0445. The first kappa shape index (κ1) is 15.7. The standard InChI is InChI=1S/C18H23FN2O3/c1-18(2)23-14-7-6-13(15(19)16(14)24-18)17(22)20-10-8-11-4-5-12(9-10)21(11)3/h6-7,10-12H,4-5,8-9H2,1-3H3,(H,20,22)/t10-,11+,12-. The molecule has 1 amide bonds. The number of nitrogens with one attached hydrogen (secondary N) is 1. The second kappa shape index (κ2) is 5.34. The maximum Gasteiger partial charge on any atom is 0.254 e. The van der Waals surface area contributed by atoms with E-state index in [0.29, 0.717) is 17.8 Å². The fourth-order valence-electron chi connectivity index (χ4n) is 4.21. The van der Waals surface area contributed by atoms with E-state index in [-0.39, 0.29) is 23.3 Å². The average molecular weight is 334 g/mol. The van der Waals surface area contributed by atoms with E-state index in [2.05, 4.69) is 17.3 Å². The van der Waals surface area contributed by atoms with Crippen molar-refractivity contribution in [2.75, 3.05) is 7.05 Å². The minimum atomic E-state index is -0.911. The van der Waals surface area contributed by atoms with Crippen LogP contribution >= 0.6 is 0 Å². The topological polar surface area (TPSA) is 50.8 Å². The number of ether oxygens (including phenoxy) is 2. The van der Waals surface area contributed by atoms with E-state index in [9.17, 15) is 9.18 Å². The van der Waals surface area contributed by atoms with Gasteiger partial charge >= 0.3 is 0 Å². The van der Waals surface area contributed by atoms with Crippen molar-refractivity contribution in [1.29, 1.82) is 0 Å². The molecule has 2 bridgehead atoms. The molecule has 6 heteroatoms. The molecule has 130 valence electrons. The highest BCUT2D eigenvalue weighted by molar-refractivity contribution is 5.95. The third-order valence-electron chi connectivity index (χ3n) is 5.44. The van der Waals surface area contributed by atoms with Gasteiger partial charge in [0.2, 0.25) is 11.5 Å². The first-order chi connectivity index (χ1) is 11.3. The van der Waals surface area contributed by atoms with Gasteiger partial charge in [-0.15, -0.1) is 0 Å². The van der Waals surface area contributed by atoms with Gasteiger partial charge in [0, 0.05) is 32.0 Å². The van der Waals surface area contributed by atoms with E-state index >= 15 is 0 Å². The van der Waals surface area contributed by atoms with Gasteiger partial charge in [-0.2, -0.15) is 0 Å². The summed E-state index contributed by atoms with van der Waals surface area (Å²) in [6.45, 7) is 3.42. The maximum atomic E-state index is 14.7. The molecule has 0 unspecified atom stereocenters. The van der Waals surface area contributed by atoms with Gasteiger partial charge in [-0.1, -0.05) is 0 Å². The molecular formula is C18H23FN2O3. The van der Waals surface area contributed by atoms with Crippen LogP contribution in [0, 0.1) is 5.82 Å². The second-order valence-electron chi connectivity index (χ2n) is 7.55. The number of hydrogen-bond acceptors (Lipinski definition) is 4. The Hall–Kier alpha value is -1.82. The Balaban J connectivity index is 1.50. The minimum Gasteiger partial charge on any atom is -0.449 e. The normalized spacial score (nSPS) is 30.4. The Morgan fingerprint density at radius 3 is 2.58 bits per heavy atom. The maximum absolute atomic E-state index is 14.7. The molecule has 0 aromatic heterocycles. The number of carbonyl (C=O) groups excluding carboxylic acids is 1. The first-order valence-electron chi connectivity index (χ1n) is 8.57. The smallest absolute Gasteiger partial charge is 0.254 e. The molecule has 0 radical (unpaired) electrons. The van der Waals surface area contributed by atoms with Gasteiger partial charge in [0.1, 0.15) is 0 Å². The summed E-state index contributed by atoms with van der Waals surface area (Å²) in [5.74, 6) is -1.57. The number of piperidine rings is 1. The van der Waals surface area contributed by atoms with Gasteiger partial charge in [0.05, 0.1) is 5.56 Å². The van der Waals surface area contributed by atoms with E-state index < -0.39 is 11.6 Å². The number of rotatable bonds is 2. The molecule has 2 fully saturated rings. The molecule has 1 aromatic carbocycles. The number of halogens is 1. The summed E-state index contributed by atoms with van der Waals surface area (Å²) < 4.78 is 25.7. The van der Waals surface area contributed by atoms with Crippen LogP contribution in [0.2, 0.25) is 0 Å². The number of hydrogen-bond donors (Lipinski definition) is 1. The van der Waals surface area contributed by atoms with Crippen molar-refractivity contribution < 1.29 is 18.7 Å². The van der Waals surface area contributed by atoms with Crippen molar-refractivity contribution >= 4 is 5.91 Å². The van der Waals surface area contributed by atoms with Crippen LogP contribution < -0.4 is 14.8 Å². The second-order valence-corrected chi connectivity index (χ2v) is 7.55. The van der Waals surface area contributed by atoms with E-state index in [0.717, 1.165) is 12.8 Å². The lowest BCUT2D eigenvalue weighted by Crippen LogP contribution is -2.48. The highest BCUT2D eigenvalue weighted by atomic mass is 19.1. The molecule has 24 heavy (non-hydrogen) atoms. The van der Waals surface area contributed by atoms with Crippen LogP contribution in [0.3, 0.4) is 0 Å². The zero-order chi connectivity index (χ0) is 17.1. The van der Waals surface area contributed by atoms with Crippen molar-refractivity contribution in [1.82, 2.24) is 10.2 Å². The molecule has 3 aliphatic heterocycles. The van der Waals surface area contributed by atoms with Gasteiger partial charge in [-0.25, -0.2) is 4.39 Å². The van der Waals surface area contributed by atoms with Gasteiger partial charge in [0.25, 0.3) is 5.91 Å². The van der Waals surface area contributed by atoms with E-state index in [1.807, 2.05) is 0 Å². The van der Waals surface area contributed by atoms with Gasteiger partial charge in [0.15, 0.2) is 11.6 Å². The number of fused-ring (bicyclic) bond motifs is 3. The Bertz CT molecular complexity index is 677. The number of amides is 1. The molecule has 4 rings (SSSR count). The molecule has 3 atom stereocenters. The van der Waals surface area contributed by atoms with Crippen LogP contribution in [0.1, 0.15) is 49.9 Å². The molecule has 1 aromatic rings. The van der Waals surface area contributed by atoms with Crippen molar-refractivity contribution in [2.24, 2.45) is 0 Å². The van der Waals surface area contributed by atoms with Gasteiger partial charge < -0.3 is 19.7 Å². The van der Waals surface area contributed by atoms with Crippen molar-refractivity contribution in [3.8, 4) is 11.5 Å². The Kier molecular flexibility index (Phi) is 3.49. The Labute approximate surface area is 141 Å². The molecule has 0 aliphatic carbocycles. The number of benzene rings is 1. The van der Waals surface area contributed by atoms with E-state index in [1.165, 1.54) is 18.9 Å². The Morgan fingerprint density at radius 2 is 1.92 bits per heavy atom. The monoisotopic (exact) mass is 334 g/mol. The van der Waals surface area contributed by atoms with Crippen LogP contribution in [0.15, 0.2) is 12.1 Å². The summed E-state index contributed by atoms with van der Waals surface area (Å²) in [6.07, 6.45) is 4.22. The third-order valence-corrected chi connectivity index (χ3v) is 5.44. The van der Waals surface area contributed by atoms with Crippen LogP contribution in [-0.2, 0) is 0 Å². The largest absolute Gasteiger partial charge is 0.449 e. The fourth-order valence-corrected chi connectivity index (χ4v) is 4.21. The van der Waals surface area contributed by atoms with Crippen LogP contribution in [0.25, 0.3) is 0 Å². The predicted molar refractivity (Wildman–Crippen MR) is 86.8 cm³/mol. The summed E-state index contributed by atoms with van der Waals surface area (Å²) in [5, 5.41) is 3.01. The molecular weight excluding hydrogens is 311 g/mol. The summed E-state index contributed by atoms with van der Waals surface area (Å²) in [5.41, 5.74) is 0.0151. The molecule has 3 heterocycles. The molecule has 0 saturated carbocycles. The van der Waals surface area contributed by atoms with Crippen molar-refractivity contribution in [3.63, 3.8) is 0 Å². The quantitative estimate of drug-likeness (QED) is 0.903. The highest BCUT2D eigenvalue weighted by Gasteiger charge is 2.40. The van der Waals surface area contributed by atoms with Crippen molar-refractivity contribution in [2.45, 2.75) is 63.4 Å². The minimum absolute atomic E-state index is 0.0151. The first-order valence-corrected chi connectivity index (χ1v) is 8.57. The SMILES string of the molecule is CN1[C@@H]2CC[C@H]1C[C@@H](NC(=O)c1ccc3c(c1F)OC(C)(C)O3)C2. The third kappa shape index (κ3) is 2.53. The van der Waals surface area contributed by atoms with Gasteiger partial charge in [-0.05, 0) is 44.9 Å². The zero-order valence-electron chi connectivity index (χ0n) is 14.3. The Morgan fingerprint density at radius 1 is 1.25 bits per heavy atom. The molecule has 2 saturated heterocycles. The molecule has 5 nitrogen and oxygen atoms in total. The zero-order valence-corrected chi connectivity index (χ0v) is 14.3. The average Bonchev–Trinajstić information content (AvgIpc) is 2.91. The number of carbonyl (C=O) groups is 1. The molecule has 1 N–H and O–H groups in total. The van der Waals surface area contributed by atoms with Gasteiger partial charge in [-0.3, -0.25) is 4.79 Å². The summed E-state index contributed by atoms with van der Waals surface area (Å²) >= 11 is 0. The fraction of sp³-hybridized carbons (Fsp3) is 0.611. The lowest BCUT2D eigenvalue weighted by atomic mass is 9.97. The number of nitrogens with zero attached hydrogens (tertiary/aromatic N) is 1. The van der Waals surface area contributed by atoms with Crippen LogP contribution in [-0.4, -0.2) is 41.8 Å². The van der Waals surface area contributed by atoms with Crippen LogP contribution in [0.4, 0.5) is 4.39 Å². The summed E-state index contributed by atoms with van der Waals surface area (Å²) in [7, 11) is 2.15. The summed E-state index contributed by atoms with van der Waals surface area (Å²) in [6, 6.07) is 4.22. The van der Waals surface area contributed by atoms with Crippen LogP contribution in [0.5, 0.6) is 11.5 Å². The van der Waals surface area contributed by atoms with Crippen molar-refractivity contribution in [3.05, 3.63) is 23.5 Å². The molecule has 0 spiro atoms. The summed E-state index contributed by atoms with van der Waals surface area (Å²) in [4.78, 5) is 15.0. The predicted octanol–water partition coefficient (Wildman–Crippen LogP) is 2.69. The van der Waals surface area contributed by atoms with E-state index in [1.54, 1.807) is 19.9 Å².